The van der Waals surface area contributed by atoms with Crippen molar-refractivity contribution in [1.82, 2.24) is 25.4 Å². The van der Waals surface area contributed by atoms with Gasteiger partial charge in [-0.25, -0.2) is 9.67 Å². The number of pyridine rings is 1. The minimum absolute atomic E-state index is 0.0261. The molecule has 2 N–H and O–H groups in total. The Morgan fingerprint density at radius 2 is 1.90 bits per heavy atom. The van der Waals surface area contributed by atoms with Gasteiger partial charge < -0.3 is 20.1 Å². The van der Waals surface area contributed by atoms with Gasteiger partial charge in [0.25, 0.3) is 0 Å². The van der Waals surface area contributed by atoms with E-state index in [0.29, 0.717) is 25.7 Å². The fraction of sp³-hybridized carbons (Fsp3) is 0.348. The minimum atomic E-state index is 0.0261. The van der Waals surface area contributed by atoms with E-state index >= 15 is 0 Å². The molecule has 1 aromatic carbocycles. The largest absolute Gasteiger partial charge is 0.490 e. The minimum Gasteiger partial charge on any atom is -0.490 e. The number of hydrogen-bond acceptors (Lipinski definition) is 5. The van der Waals surface area contributed by atoms with Crippen LogP contribution in [0, 0.1) is 0 Å². The van der Waals surface area contributed by atoms with E-state index in [2.05, 4.69) is 32.6 Å². The molecule has 8 nitrogen and oxygen atoms in total. The second kappa shape index (κ2) is 11.0. The van der Waals surface area contributed by atoms with Gasteiger partial charge in [0, 0.05) is 32.2 Å². The second-order valence-corrected chi connectivity index (χ2v) is 6.84. The van der Waals surface area contributed by atoms with Crippen LogP contribution in [0.15, 0.2) is 60.0 Å². The summed E-state index contributed by atoms with van der Waals surface area (Å²) in [7, 11) is 1.76. The number of guanidine groups is 1. The molecular weight excluding hydrogens is 392 g/mol. The predicted octanol–water partition coefficient (Wildman–Crippen LogP) is 3.49. The molecule has 2 aromatic heterocycles. The van der Waals surface area contributed by atoms with Gasteiger partial charge in [0.05, 0.1) is 19.3 Å². The van der Waals surface area contributed by atoms with Gasteiger partial charge in [-0.3, -0.25) is 4.99 Å². The summed E-state index contributed by atoms with van der Waals surface area (Å²) in [6.07, 6.45) is 5.38. The summed E-state index contributed by atoms with van der Waals surface area (Å²) in [4.78, 5) is 8.72. The third kappa shape index (κ3) is 5.97. The van der Waals surface area contributed by atoms with Crippen LogP contribution >= 0.6 is 0 Å². The second-order valence-electron chi connectivity index (χ2n) is 6.84. The van der Waals surface area contributed by atoms with Crippen molar-refractivity contribution in [2.24, 2.45) is 4.99 Å². The van der Waals surface area contributed by atoms with Gasteiger partial charge >= 0.3 is 0 Å². The Bertz CT molecular complexity index is 987. The molecule has 0 aliphatic heterocycles. The maximum absolute atomic E-state index is 5.75. The standard InChI is InChI=1S/C23H30N6O2/c1-5-30-20-9-8-19(15-21(20)31-6-2)17(3)28-23(24-4)26-16-18-10-12-25-22(14-18)29-13-7-11-27-29/h7-15,17H,5-6,16H2,1-4H3,(H2,24,26,28). The number of hydrogen-bond donors (Lipinski definition) is 2. The zero-order valence-electron chi connectivity index (χ0n) is 18.5. The Hall–Kier alpha value is -3.55. The van der Waals surface area contributed by atoms with Crippen LogP contribution in [0.1, 0.15) is 37.9 Å². The summed E-state index contributed by atoms with van der Waals surface area (Å²) >= 11 is 0. The van der Waals surface area contributed by atoms with E-state index in [1.54, 1.807) is 24.1 Å². The summed E-state index contributed by atoms with van der Waals surface area (Å²) in [5.41, 5.74) is 2.16. The lowest BCUT2D eigenvalue weighted by molar-refractivity contribution is 0.287. The number of aromatic nitrogens is 3. The van der Waals surface area contributed by atoms with Crippen molar-refractivity contribution in [2.75, 3.05) is 20.3 Å². The summed E-state index contributed by atoms with van der Waals surface area (Å²) in [6, 6.07) is 11.9. The Kier molecular flexibility index (Phi) is 7.86. The average molecular weight is 423 g/mol. The van der Waals surface area contributed by atoms with Crippen molar-refractivity contribution in [3.63, 3.8) is 0 Å². The Morgan fingerprint density at radius 3 is 2.61 bits per heavy atom. The van der Waals surface area contributed by atoms with Crippen LogP contribution in [0.4, 0.5) is 0 Å². The molecule has 164 valence electrons. The molecule has 0 amide bonds. The molecule has 0 fully saturated rings. The molecule has 2 heterocycles. The monoisotopic (exact) mass is 422 g/mol. The van der Waals surface area contributed by atoms with Crippen molar-refractivity contribution in [1.29, 1.82) is 0 Å². The summed E-state index contributed by atoms with van der Waals surface area (Å²) in [5, 5.41) is 11.0. The van der Waals surface area contributed by atoms with E-state index < -0.39 is 0 Å². The van der Waals surface area contributed by atoms with E-state index in [-0.39, 0.29) is 6.04 Å². The number of nitrogens with one attached hydrogen (secondary N) is 2. The number of aliphatic imine (C=N–C) groups is 1. The zero-order chi connectivity index (χ0) is 22.1. The predicted molar refractivity (Wildman–Crippen MR) is 122 cm³/mol. The van der Waals surface area contributed by atoms with Gasteiger partial charge in [-0.1, -0.05) is 6.07 Å². The molecule has 0 spiro atoms. The van der Waals surface area contributed by atoms with Gasteiger partial charge in [0.1, 0.15) is 0 Å². The van der Waals surface area contributed by atoms with E-state index in [4.69, 9.17) is 9.47 Å². The molecule has 1 atom stereocenters. The summed E-state index contributed by atoms with van der Waals surface area (Å²) < 4.78 is 13.1. The highest BCUT2D eigenvalue weighted by molar-refractivity contribution is 5.80. The van der Waals surface area contributed by atoms with Crippen LogP contribution in [-0.2, 0) is 6.54 Å². The number of ether oxygens (including phenoxy) is 2. The fourth-order valence-electron chi connectivity index (χ4n) is 3.11. The van der Waals surface area contributed by atoms with Crippen molar-refractivity contribution in [2.45, 2.75) is 33.4 Å². The van der Waals surface area contributed by atoms with Crippen LogP contribution in [0.3, 0.4) is 0 Å². The number of rotatable bonds is 9. The van der Waals surface area contributed by atoms with Crippen LogP contribution in [0.25, 0.3) is 5.82 Å². The molecule has 1 unspecified atom stereocenters. The average Bonchev–Trinajstić information content (AvgIpc) is 3.33. The van der Waals surface area contributed by atoms with Crippen LogP contribution in [0.5, 0.6) is 11.5 Å². The van der Waals surface area contributed by atoms with Gasteiger partial charge in [-0.2, -0.15) is 5.10 Å². The highest BCUT2D eigenvalue weighted by atomic mass is 16.5. The molecule has 0 saturated heterocycles. The first-order chi connectivity index (χ1) is 15.1. The Labute approximate surface area is 183 Å². The van der Waals surface area contributed by atoms with Crippen molar-refractivity contribution >= 4 is 5.96 Å². The lowest BCUT2D eigenvalue weighted by Gasteiger charge is -2.20. The first kappa shape index (κ1) is 22.1. The summed E-state index contributed by atoms with van der Waals surface area (Å²) in [5.74, 6) is 2.99. The lowest BCUT2D eigenvalue weighted by atomic mass is 10.1. The van der Waals surface area contributed by atoms with Gasteiger partial charge in [-0.05, 0) is 62.2 Å². The number of nitrogens with zero attached hydrogens (tertiary/aromatic N) is 4. The van der Waals surface area contributed by atoms with Gasteiger partial charge in [-0.15, -0.1) is 0 Å². The maximum Gasteiger partial charge on any atom is 0.191 e. The highest BCUT2D eigenvalue weighted by Gasteiger charge is 2.12. The molecule has 3 aromatic rings. The van der Waals surface area contributed by atoms with E-state index in [1.807, 2.05) is 56.4 Å². The third-order valence-corrected chi connectivity index (χ3v) is 4.65. The maximum atomic E-state index is 5.75. The first-order valence-corrected chi connectivity index (χ1v) is 10.5. The zero-order valence-corrected chi connectivity index (χ0v) is 18.5. The quantitative estimate of drug-likeness (QED) is 0.406. The van der Waals surface area contributed by atoms with Crippen LogP contribution < -0.4 is 20.1 Å². The Balaban J connectivity index is 1.63. The smallest absolute Gasteiger partial charge is 0.191 e. The summed E-state index contributed by atoms with van der Waals surface area (Å²) in [6.45, 7) is 7.80. The van der Waals surface area contributed by atoms with Crippen molar-refractivity contribution in [3.05, 3.63) is 66.1 Å². The van der Waals surface area contributed by atoms with Crippen LogP contribution in [0.2, 0.25) is 0 Å². The van der Waals surface area contributed by atoms with Gasteiger partial charge in [0.2, 0.25) is 0 Å². The Morgan fingerprint density at radius 1 is 1.10 bits per heavy atom. The van der Waals surface area contributed by atoms with E-state index in [1.165, 1.54) is 0 Å². The fourth-order valence-corrected chi connectivity index (χ4v) is 3.11. The molecular formula is C23H30N6O2. The molecule has 0 bridgehead atoms. The SMILES string of the molecule is CCOc1ccc(C(C)NC(=NC)NCc2ccnc(-n3cccn3)c2)cc1OCC. The first-order valence-electron chi connectivity index (χ1n) is 10.5. The molecule has 0 aliphatic rings. The number of benzene rings is 1. The topological polar surface area (TPSA) is 85.6 Å². The third-order valence-electron chi connectivity index (χ3n) is 4.65. The molecule has 8 heteroatoms. The highest BCUT2D eigenvalue weighted by Crippen LogP contribution is 2.30. The molecule has 3 rings (SSSR count). The lowest BCUT2D eigenvalue weighted by Crippen LogP contribution is -2.38. The molecule has 0 aliphatic carbocycles. The van der Waals surface area contributed by atoms with Gasteiger partial charge in [0.15, 0.2) is 23.3 Å². The van der Waals surface area contributed by atoms with Crippen molar-refractivity contribution in [3.8, 4) is 17.3 Å². The van der Waals surface area contributed by atoms with E-state index in [9.17, 15) is 0 Å². The molecule has 0 saturated carbocycles. The molecule has 0 radical (unpaired) electrons. The van der Waals surface area contributed by atoms with E-state index in [0.717, 1.165) is 28.4 Å². The molecule has 31 heavy (non-hydrogen) atoms. The normalized spacial score (nSPS) is 12.3. The van der Waals surface area contributed by atoms with Crippen LogP contribution in [-0.4, -0.2) is 41.0 Å². The van der Waals surface area contributed by atoms with Crippen molar-refractivity contribution < 1.29 is 9.47 Å².